The van der Waals surface area contributed by atoms with Crippen LogP contribution in [0, 0.1) is 0 Å². The number of alkyl halides is 2. The van der Waals surface area contributed by atoms with Gasteiger partial charge >= 0.3 is 0 Å². The number of rotatable bonds is 16. The van der Waals surface area contributed by atoms with Gasteiger partial charge in [0.1, 0.15) is 0 Å². The molecule has 0 atom stereocenters. The Labute approximate surface area is 207 Å². The Hall–Kier alpha value is -0.600. The van der Waals surface area contributed by atoms with Gasteiger partial charge in [0.05, 0.1) is 0 Å². The maximum Gasteiger partial charge on any atom is 0.00313 e. The Bertz CT molecular complexity index is 780. The van der Waals surface area contributed by atoms with Crippen molar-refractivity contribution >= 4 is 31.9 Å². The molecular formula is C29H40Br2. The fourth-order valence-corrected chi connectivity index (χ4v) is 5.88. The van der Waals surface area contributed by atoms with Crippen molar-refractivity contribution in [2.24, 2.45) is 0 Å². The molecule has 0 amide bonds. The van der Waals surface area contributed by atoms with E-state index in [1.165, 1.54) is 107 Å². The van der Waals surface area contributed by atoms with E-state index in [0.29, 0.717) is 0 Å². The van der Waals surface area contributed by atoms with Gasteiger partial charge in [-0.1, -0.05) is 120 Å². The highest BCUT2D eigenvalue weighted by molar-refractivity contribution is 9.09. The minimum absolute atomic E-state index is 1.15. The Morgan fingerprint density at radius 1 is 0.548 bits per heavy atom. The predicted molar refractivity (Wildman–Crippen MR) is 145 cm³/mol. The molecular weight excluding hydrogens is 508 g/mol. The van der Waals surface area contributed by atoms with E-state index in [4.69, 9.17) is 0 Å². The van der Waals surface area contributed by atoms with E-state index in [9.17, 15) is 0 Å². The first kappa shape index (κ1) is 25.0. The van der Waals surface area contributed by atoms with Crippen molar-refractivity contribution in [1.82, 2.24) is 0 Å². The molecule has 2 aromatic carbocycles. The molecule has 0 spiro atoms. The van der Waals surface area contributed by atoms with E-state index < -0.39 is 0 Å². The normalized spacial score (nSPS) is 12.2. The number of benzene rings is 2. The van der Waals surface area contributed by atoms with E-state index in [1.807, 2.05) is 0 Å². The lowest BCUT2D eigenvalue weighted by Crippen LogP contribution is -2.01. The number of aryl methyl sites for hydroxylation is 1. The van der Waals surface area contributed by atoms with Gasteiger partial charge in [-0.15, -0.1) is 0 Å². The minimum atomic E-state index is 1.15. The van der Waals surface area contributed by atoms with Crippen molar-refractivity contribution in [3.8, 4) is 11.1 Å². The maximum absolute atomic E-state index is 3.55. The molecule has 0 saturated heterocycles. The Morgan fingerprint density at radius 2 is 1.13 bits per heavy atom. The standard InChI is InChI=1S/C29H40Br2/c30-21-13-7-3-1-5-9-15-24-19-20-28-27-18-12-11-16-25(27)23-29(28)26(24)17-10-6-2-4-8-14-22-31/h11-12,16,18-20H,1-10,13-15,17,21-23H2. The summed E-state index contributed by atoms with van der Waals surface area (Å²) in [5, 5.41) is 2.31. The van der Waals surface area contributed by atoms with Crippen molar-refractivity contribution in [1.29, 1.82) is 0 Å². The number of hydrogen-bond donors (Lipinski definition) is 0. The van der Waals surface area contributed by atoms with E-state index in [1.54, 1.807) is 16.7 Å². The summed E-state index contributed by atoms with van der Waals surface area (Å²) in [7, 11) is 0. The summed E-state index contributed by atoms with van der Waals surface area (Å²) in [6.45, 7) is 0. The van der Waals surface area contributed by atoms with Crippen molar-refractivity contribution < 1.29 is 0 Å². The zero-order chi connectivity index (χ0) is 21.7. The summed E-state index contributed by atoms with van der Waals surface area (Å²) in [6.07, 6.45) is 20.1. The third-order valence-electron chi connectivity index (χ3n) is 6.84. The van der Waals surface area contributed by atoms with Crippen LogP contribution >= 0.6 is 31.9 Å². The molecule has 1 aliphatic carbocycles. The van der Waals surface area contributed by atoms with Gasteiger partial charge in [-0.25, -0.2) is 0 Å². The van der Waals surface area contributed by atoms with Gasteiger partial charge in [-0.05, 0) is 78.3 Å². The fraction of sp³-hybridized carbons (Fsp3) is 0.586. The van der Waals surface area contributed by atoms with E-state index in [2.05, 4.69) is 68.3 Å². The van der Waals surface area contributed by atoms with Crippen LogP contribution in [0.3, 0.4) is 0 Å². The largest absolute Gasteiger partial charge is 0.0928 e. The molecule has 0 saturated carbocycles. The van der Waals surface area contributed by atoms with Crippen molar-refractivity contribution in [3.05, 3.63) is 58.7 Å². The lowest BCUT2D eigenvalue weighted by atomic mass is 9.89. The first-order valence-corrected chi connectivity index (χ1v) is 14.9. The second-order valence-corrected chi connectivity index (χ2v) is 10.8. The Balaban J connectivity index is 1.59. The van der Waals surface area contributed by atoms with Crippen LogP contribution in [-0.2, 0) is 19.3 Å². The number of hydrogen-bond acceptors (Lipinski definition) is 0. The van der Waals surface area contributed by atoms with Gasteiger partial charge in [-0.2, -0.15) is 0 Å². The van der Waals surface area contributed by atoms with Crippen molar-refractivity contribution in [2.45, 2.75) is 96.3 Å². The van der Waals surface area contributed by atoms with E-state index >= 15 is 0 Å². The molecule has 0 nitrogen and oxygen atoms in total. The second kappa shape index (κ2) is 14.5. The summed E-state index contributed by atoms with van der Waals surface area (Å²) >= 11 is 7.10. The van der Waals surface area contributed by atoms with Crippen LogP contribution in [0.15, 0.2) is 36.4 Å². The molecule has 0 fully saturated rings. The van der Waals surface area contributed by atoms with Gasteiger partial charge in [0.2, 0.25) is 0 Å². The van der Waals surface area contributed by atoms with Gasteiger partial charge in [-0.3, -0.25) is 0 Å². The molecule has 2 heteroatoms. The first-order chi connectivity index (χ1) is 15.3. The topological polar surface area (TPSA) is 0 Å². The monoisotopic (exact) mass is 546 g/mol. The molecule has 0 aliphatic heterocycles. The number of unbranched alkanes of at least 4 members (excludes halogenated alkanes) is 10. The van der Waals surface area contributed by atoms with E-state index in [0.717, 1.165) is 17.1 Å². The van der Waals surface area contributed by atoms with E-state index in [-0.39, 0.29) is 0 Å². The average Bonchev–Trinajstić information content (AvgIpc) is 3.17. The Kier molecular flexibility index (Phi) is 11.7. The molecule has 3 rings (SSSR count). The lowest BCUT2D eigenvalue weighted by molar-refractivity contribution is 0.600. The second-order valence-electron chi connectivity index (χ2n) is 9.18. The molecule has 170 valence electrons. The minimum Gasteiger partial charge on any atom is -0.0928 e. The zero-order valence-electron chi connectivity index (χ0n) is 19.2. The molecule has 0 aromatic heterocycles. The van der Waals surface area contributed by atoms with Crippen molar-refractivity contribution in [3.63, 3.8) is 0 Å². The first-order valence-electron chi connectivity index (χ1n) is 12.7. The van der Waals surface area contributed by atoms with Crippen LogP contribution in [0.5, 0.6) is 0 Å². The van der Waals surface area contributed by atoms with Gasteiger partial charge in [0.25, 0.3) is 0 Å². The molecule has 31 heavy (non-hydrogen) atoms. The molecule has 0 N–H and O–H groups in total. The van der Waals surface area contributed by atoms with Crippen LogP contribution in [0.25, 0.3) is 11.1 Å². The highest BCUT2D eigenvalue weighted by atomic mass is 79.9. The highest BCUT2D eigenvalue weighted by Gasteiger charge is 2.22. The lowest BCUT2D eigenvalue weighted by Gasteiger charge is -2.15. The summed E-state index contributed by atoms with van der Waals surface area (Å²) in [5.41, 5.74) is 9.51. The highest BCUT2D eigenvalue weighted by Crippen LogP contribution is 2.40. The van der Waals surface area contributed by atoms with Crippen LogP contribution in [0.4, 0.5) is 0 Å². The quantitative estimate of drug-likeness (QED) is 0.123. The molecule has 0 unspecified atom stereocenters. The van der Waals surface area contributed by atoms with Gasteiger partial charge < -0.3 is 0 Å². The number of halogens is 2. The van der Waals surface area contributed by atoms with Gasteiger partial charge in [0, 0.05) is 10.7 Å². The smallest absolute Gasteiger partial charge is 0.00313 e. The SMILES string of the molecule is BrCCCCCCCCc1ccc2c(c1CCCCCCCCBr)Cc1ccccc1-2. The van der Waals surface area contributed by atoms with Crippen LogP contribution < -0.4 is 0 Å². The summed E-state index contributed by atoms with van der Waals surface area (Å²) in [4.78, 5) is 0. The maximum atomic E-state index is 3.55. The molecule has 0 radical (unpaired) electrons. The third kappa shape index (κ3) is 7.74. The molecule has 2 aromatic rings. The van der Waals surface area contributed by atoms with Crippen LogP contribution in [0.2, 0.25) is 0 Å². The zero-order valence-corrected chi connectivity index (χ0v) is 22.4. The van der Waals surface area contributed by atoms with Crippen molar-refractivity contribution in [2.75, 3.05) is 10.7 Å². The Morgan fingerprint density at radius 3 is 1.81 bits per heavy atom. The number of fused-ring (bicyclic) bond motifs is 3. The fourth-order valence-electron chi connectivity index (χ4n) is 5.09. The van der Waals surface area contributed by atoms with Crippen LogP contribution in [-0.4, -0.2) is 10.7 Å². The predicted octanol–water partition coefficient (Wildman–Crippen LogP) is 9.81. The summed E-state index contributed by atoms with van der Waals surface area (Å²) < 4.78 is 0. The summed E-state index contributed by atoms with van der Waals surface area (Å²) in [5.74, 6) is 0. The molecule has 1 aliphatic rings. The van der Waals surface area contributed by atoms with Gasteiger partial charge in [0.15, 0.2) is 0 Å². The average molecular weight is 548 g/mol. The summed E-state index contributed by atoms with van der Waals surface area (Å²) in [6, 6.07) is 13.9. The third-order valence-corrected chi connectivity index (χ3v) is 7.96. The van der Waals surface area contributed by atoms with Crippen LogP contribution in [0.1, 0.15) is 99.3 Å². The molecule has 0 bridgehead atoms. The molecule has 0 heterocycles.